The number of ether oxygens (including phenoxy) is 2. The van der Waals surface area contributed by atoms with Crippen LogP contribution in [-0.2, 0) is 9.84 Å². The van der Waals surface area contributed by atoms with Crippen molar-refractivity contribution in [3.8, 4) is 17.2 Å². The molecule has 1 unspecified atom stereocenters. The van der Waals surface area contributed by atoms with Crippen LogP contribution in [0.1, 0.15) is 42.9 Å². The van der Waals surface area contributed by atoms with Gasteiger partial charge in [-0.05, 0) is 43.3 Å². The first-order chi connectivity index (χ1) is 15.5. The Bertz CT molecular complexity index is 1220. The Morgan fingerprint density at radius 2 is 1.76 bits per heavy atom. The van der Waals surface area contributed by atoms with Crippen molar-refractivity contribution in [3.05, 3.63) is 53.9 Å². The number of carbonyl (C=O) groups is 1. The fourth-order valence-electron chi connectivity index (χ4n) is 2.75. The molecule has 176 valence electrons. The summed E-state index contributed by atoms with van der Waals surface area (Å²) in [5, 5.41) is 18.7. The van der Waals surface area contributed by atoms with E-state index in [-0.39, 0.29) is 34.7 Å². The highest BCUT2D eigenvalue weighted by Gasteiger charge is 2.16. The van der Waals surface area contributed by atoms with Gasteiger partial charge in [-0.3, -0.25) is 15.2 Å². The molecule has 3 N–H and O–H groups in total. The van der Waals surface area contributed by atoms with Crippen molar-refractivity contribution in [2.45, 2.75) is 37.7 Å². The zero-order valence-electron chi connectivity index (χ0n) is 18.7. The van der Waals surface area contributed by atoms with E-state index < -0.39 is 21.8 Å². The van der Waals surface area contributed by atoms with Crippen LogP contribution in [0.25, 0.3) is 0 Å². The largest absolute Gasteiger partial charge is 0.488 e. The summed E-state index contributed by atoms with van der Waals surface area (Å²) < 4.78 is 34.8. The zero-order valence-corrected chi connectivity index (χ0v) is 19.5. The van der Waals surface area contributed by atoms with Gasteiger partial charge in [0.15, 0.2) is 9.84 Å². The van der Waals surface area contributed by atoms with Crippen LogP contribution in [0, 0.1) is 0 Å². The number of hydrogen-bond donors (Lipinski definition) is 3. The second-order valence-electron chi connectivity index (χ2n) is 7.80. The predicted molar refractivity (Wildman–Crippen MR) is 122 cm³/mol. The topological polar surface area (TPSA) is 144 Å². The van der Waals surface area contributed by atoms with E-state index in [2.05, 4.69) is 20.5 Å². The van der Waals surface area contributed by atoms with Crippen LogP contribution in [0.15, 0.2) is 47.4 Å². The maximum atomic E-state index is 12.8. The summed E-state index contributed by atoms with van der Waals surface area (Å²) in [5.74, 6) is 1.38. The molecule has 3 aromatic rings. The van der Waals surface area contributed by atoms with E-state index in [1.807, 2.05) is 13.8 Å². The molecule has 1 aromatic heterocycles. The van der Waals surface area contributed by atoms with E-state index in [0.29, 0.717) is 17.3 Å². The normalized spacial score (nSPS) is 12.4. The van der Waals surface area contributed by atoms with Gasteiger partial charge in [-0.15, -0.1) is 5.10 Å². The van der Waals surface area contributed by atoms with Crippen LogP contribution in [0.3, 0.4) is 0 Å². The van der Waals surface area contributed by atoms with Gasteiger partial charge in [-0.25, -0.2) is 8.42 Å². The van der Waals surface area contributed by atoms with Gasteiger partial charge in [0.2, 0.25) is 5.95 Å². The van der Waals surface area contributed by atoms with Gasteiger partial charge in [-0.2, -0.15) is 4.98 Å². The Morgan fingerprint density at radius 1 is 1.09 bits per heavy atom. The number of hydrogen-bond acceptors (Lipinski definition) is 8. The third-order valence-electron chi connectivity index (χ3n) is 4.50. The highest BCUT2D eigenvalue weighted by atomic mass is 32.2. The highest BCUT2D eigenvalue weighted by molar-refractivity contribution is 7.90. The molecule has 10 nitrogen and oxygen atoms in total. The number of nitrogens with one attached hydrogen (secondary N) is 2. The monoisotopic (exact) mass is 474 g/mol. The van der Waals surface area contributed by atoms with Crippen LogP contribution in [-0.4, -0.2) is 53.6 Å². The lowest BCUT2D eigenvalue weighted by Crippen LogP contribution is -2.17. The second kappa shape index (κ2) is 10.0. The number of H-pyrrole nitrogens is 1. The van der Waals surface area contributed by atoms with Crippen molar-refractivity contribution in [1.82, 2.24) is 15.2 Å². The van der Waals surface area contributed by atoms with Crippen LogP contribution in [0.2, 0.25) is 0 Å². The summed E-state index contributed by atoms with van der Waals surface area (Å²) in [6.07, 6.45) is 0.613. The van der Waals surface area contributed by atoms with Gasteiger partial charge >= 0.3 is 0 Å². The number of rotatable bonds is 9. The lowest BCUT2D eigenvalue weighted by Gasteiger charge is -2.15. The number of aliphatic hydroxyl groups excluding tert-OH is 1. The number of anilines is 1. The van der Waals surface area contributed by atoms with Gasteiger partial charge in [0.1, 0.15) is 29.2 Å². The minimum atomic E-state index is -3.33. The average Bonchev–Trinajstić information content (AvgIpc) is 3.22. The summed E-state index contributed by atoms with van der Waals surface area (Å²) >= 11 is 0. The Balaban J connectivity index is 1.87. The lowest BCUT2D eigenvalue weighted by molar-refractivity contribution is 0.102. The number of aromatic amines is 1. The SMILES string of the molecule is CC(CO)Oc1cc(Oc2ccc(S(C)(=O)=O)cc2)cc(C(=O)Nc2n[nH]c(C(C)C)n2)c1. The Morgan fingerprint density at radius 3 is 2.33 bits per heavy atom. The Labute approximate surface area is 191 Å². The molecule has 11 heteroatoms. The number of sulfone groups is 1. The fraction of sp³-hybridized carbons (Fsp3) is 0.318. The van der Waals surface area contributed by atoms with Gasteiger partial charge in [0, 0.05) is 23.8 Å². The standard InChI is InChI=1S/C22H26N4O6S/c1-13(2)20-23-22(26-25-20)24-21(28)15-9-17(31-14(3)12-27)11-18(10-15)32-16-5-7-19(8-6-16)33(4,29)30/h5-11,13-14,27H,12H2,1-4H3,(H2,23,24,25,26,28). The highest BCUT2D eigenvalue weighted by Crippen LogP contribution is 2.29. The second-order valence-corrected chi connectivity index (χ2v) is 9.82. The van der Waals surface area contributed by atoms with Crippen molar-refractivity contribution >= 4 is 21.7 Å². The summed E-state index contributed by atoms with van der Waals surface area (Å²) in [5.41, 5.74) is 0.219. The molecular formula is C22H26N4O6S. The molecule has 0 aliphatic heterocycles. The number of carbonyl (C=O) groups excluding carboxylic acids is 1. The molecule has 0 bridgehead atoms. The first-order valence-electron chi connectivity index (χ1n) is 10.2. The molecule has 0 radical (unpaired) electrons. The number of nitrogens with zero attached hydrogens (tertiary/aromatic N) is 2. The quantitative estimate of drug-likeness (QED) is 0.429. The van der Waals surface area contributed by atoms with Crippen molar-refractivity contribution in [1.29, 1.82) is 0 Å². The first kappa shape index (κ1) is 24.2. The fourth-order valence-corrected chi connectivity index (χ4v) is 3.38. The van der Waals surface area contributed by atoms with Gasteiger partial charge in [0.05, 0.1) is 11.5 Å². The molecule has 1 atom stereocenters. The molecule has 0 saturated carbocycles. The van der Waals surface area contributed by atoms with E-state index in [4.69, 9.17) is 9.47 Å². The zero-order chi connectivity index (χ0) is 24.2. The minimum Gasteiger partial charge on any atom is -0.488 e. The smallest absolute Gasteiger partial charge is 0.258 e. The van der Waals surface area contributed by atoms with Crippen molar-refractivity contribution < 1.29 is 27.8 Å². The molecule has 2 aromatic carbocycles. The van der Waals surface area contributed by atoms with E-state index >= 15 is 0 Å². The number of benzene rings is 2. The van der Waals surface area contributed by atoms with E-state index in [1.165, 1.54) is 36.4 Å². The van der Waals surface area contributed by atoms with Crippen LogP contribution in [0.5, 0.6) is 17.2 Å². The van der Waals surface area contributed by atoms with Crippen LogP contribution < -0.4 is 14.8 Å². The molecule has 0 spiro atoms. The first-order valence-corrected chi connectivity index (χ1v) is 12.1. The number of aromatic nitrogens is 3. The average molecular weight is 475 g/mol. The molecule has 0 fully saturated rings. The van der Waals surface area contributed by atoms with E-state index in [9.17, 15) is 18.3 Å². The van der Waals surface area contributed by atoms with Crippen molar-refractivity contribution in [3.63, 3.8) is 0 Å². The number of aliphatic hydroxyl groups is 1. The third kappa shape index (κ3) is 6.53. The maximum absolute atomic E-state index is 12.8. The summed E-state index contributed by atoms with van der Waals surface area (Å²) in [6, 6.07) is 10.5. The molecule has 3 rings (SSSR count). The molecule has 0 aliphatic carbocycles. The van der Waals surface area contributed by atoms with Crippen molar-refractivity contribution in [2.75, 3.05) is 18.2 Å². The molecule has 0 saturated heterocycles. The third-order valence-corrected chi connectivity index (χ3v) is 5.63. The van der Waals surface area contributed by atoms with Gasteiger partial charge < -0.3 is 14.6 Å². The lowest BCUT2D eigenvalue weighted by atomic mass is 10.2. The number of amides is 1. The molecule has 33 heavy (non-hydrogen) atoms. The predicted octanol–water partition coefficient (Wildman–Crippen LogP) is 3.14. The summed E-state index contributed by atoms with van der Waals surface area (Å²) in [6.45, 7) is 5.36. The molecule has 1 amide bonds. The summed E-state index contributed by atoms with van der Waals surface area (Å²) in [4.78, 5) is 17.2. The van der Waals surface area contributed by atoms with E-state index in [1.54, 1.807) is 13.0 Å². The van der Waals surface area contributed by atoms with E-state index in [0.717, 1.165) is 6.26 Å². The molecule has 0 aliphatic rings. The maximum Gasteiger partial charge on any atom is 0.258 e. The minimum absolute atomic E-state index is 0.119. The summed E-state index contributed by atoms with van der Waals surface area (Å²) in [7, 11) is -3.33. The van der Waals surface area contributed by atoms with Crippen molar-refractivity contribution in [2.24, 2.45) is 0 Å². The Hall–Kier alpha value is -3.44. The molecule has 1 heterocycles. The van der Waals surface area contributed by atoms with Crippen LogP contribution in [0.4, 0.5) is 5.95 Å². The van der Waals surface area contributed by atoms with Gasteiger partial charge in [-0.1, -0.05) is 13.8 Å². The molecular weight excluding hydrogens is 448 g/mol. The van der Waals surface area contributed by atoms with Crippen LogP contribution >= 0.6 is 0 Å². The Kier molecular flexibility index (Phi) is 7.34. The van der Waals surface area contributed by atoms with Gasteiger partial charge in [0.25, 0.3) is 5.91 Å².